The lowest BCUT2D eigenvalue weighted by atomic mass is 9.98. The lowest BCUT2D eigenvalue weighted by molar-refractivity contribution is 0.138. The van der Waals surface area contributed by atoms with Crippen molar-refractivity contribution in [1.29, 1.82) is 0 Å². The van der Waals surface area contributed by atoms with Crippen LogP contribution in [0.3, 0.4) is 0 Å². The Hall–Kier alpha value is -2.35. The van der Waals surface area contributed by atoms with E-state index in [-0.39, 0.29) is 10.5 Å². The molecule has 0 fully saturated rings. The maximum atomic E-state index is 12.2. The normalized spacial score (nSPS) is 15.3. The summed E-state index contributed by atoms with van der Waals surface area (Å²) >= 11 is 6.02. The first-order valence-electron chi connectivity index (χ1n) is 8.77. The van der Waals surface area contributed by atoms with Gasteiger partial charge in [-0.25, -0.2) is 18.5 Å². The van der Waals surface area contributed by atoms with Crippen LogP contribution >= 0.6 is 11.6 Å². The lowest BCUT2D eigenvalue weighted by Crippen LogP contribution is -2.24. The lowest BCUT2D eigenvalue weighted by Gasteiger charge is -2.17. The van der Waals surface area contributed by atoms with Crippen molar-refractivity contribution in [3.05, 3.63) is 65.2 Å². The van der Waals surface area contributed by atoms with Gasteiger partial charge in [-0.05, 0) is 54.3 Å². The van der Waals surface area contributed by atoms with Gasteiger partial charge in [0, 0.05) is 30.9 Å². The number of hydrogen-bond acceptors (Lipinski definition) is 4. The number of nitrogens with zero attached hydrogens (tertiary/aromatic N) is 2. The Balaban J connectivity index is 1.73. The minimum atomic E-state index is -3.88. The van der Waals surface area contributed by atoms with Crippen molar-refractivity contribution in [3.63, 3.8) is 0 Å². The molecule has 0 unspecified atom stereocenters. The Morgan fingerprint density at radius 1 is 1.25 bits per heavy atom. The third kappa shape index (κ3) is 3.65. The fraction of sp³-hybridized carbons (Fsp3) is 0.250. The van der Waals surface area contributed by atoms with Gasteiger partial charge < -0.3 is 9.30 Å². The van der Waals surface area contributed by atoms with Crippen molar-refractivity contribution in [2.24, 2.45) is 5.14 Å². The molecule has 2 heterocycles. The molecule has 0 saturated carbocycles. The third-order valence-corrected chi connectivity index (χ3v) is 6.02. The summed E-state index contributed by atoms with van der Waals surface area (Å²) < 4.78 is 32.2. The molecular formula is C20H20ClN3O3S. The first-order valence-corrected chi connectivity index (χ1v) is 10.7. The smallest absolute Gasteiger partial charge is 0.238 e. The van der Waals surface area contributed by atoms with E-state index in [4.69, 9.17) is 21.5 Å². The topological polar surface area (TPSA) is 87.2 Å². The zero-order valence-corrected chi connectivity index (χ0v) is 17.1. The van der Waals surface area contributed by atoms with E-state index < -0.39 is 10.0 Å². The number of benzene rings is 2. The van der Waals surface area contributed by atoms with Gasteiger partial charge in [-0.1, -0.05) is 24.3 Å². The number of aromatic nitrogens is 2. The van der Waals surface area contributed by atoms with Gasteiger partial charge >= 0.3 is 0 Å². The largest absolute Gasteiger partial charge is 0.487 e. The summed E-state index contributed by atoms with van der Waals surface area (Å²) in [5.41, 5.74) is 2.78. The van der Waals surface area contributed by atoms with E-state index >= 15 is 0 Å². The van der Waals surface area contributed by atoms with Gasteiger partial charge in [-0.3, -0.25) is 0 Å². The highest BCUT2D eigenvalue weighted by Crippen LogP contribution is 2.40. The third-order valence-electron chi connectivity index (χ3n) is 4.75. The van der Waals surface area contributed by atoms with Gasteiger partial charge in [-0.2, -0.15) is 0 Å². The molecule has 1 aliphatic rings. The Labute approximate surface area is 169 Å². The van der Waals surface area contributed by atoms with E-state index in [1.807, 2.05) is 42.7 Å². The Morgan fingerprint density at radius 2 is 1.96 bits per heavy atom. The second-order valence-electron chi connectivity index (χ2n) is 7.56. The molecule has 8 heteroatoms. The first-order chi connectivity index (χ1) is 13.1. The minimum Gasteiger partial charge on any atom is -0.487 e. The quantitative estimate of drug-likeness (QED) is 0.702. The zero-order valence-electron chi connectivity index (χ0n) is 15.5. The molecule has 3 aromatic rings. The van der Waals surface area contributed by atoms with Crippen LogP contribution in [0.1, 0.15) is 25.0 Å². The summed E-state index contributed by atoms with van der Waals surface area (Å²) in [6.07, 6.45) is 4.08. The SMILES string of the molecule is CC1(C)Cc2cc(S(N)(=O)=O)c(-c3ccc(Cn4ccnc4Cl)cc3)cc2O1. The molecule has 6 nitrogen and oxygen atoms in total. The zero-order chi connectivity index (χ0) is 20.1. The van der Waals surface area contributed by atoms with Crippen LogP contribution < -0.4 is 9.88 Å². The van der Waals surface area contributed by atoms with Gasteiger partial charge in [0.2, 0.25) is 15.3 Å². The fourth-order valence-corrected chi connectivity index (χ4v) is 4.47. The number of nitrogens with two attached hydrogens (primary N) is 1. The Morgan fingerprint density at radius 3 is 2.57 bits per heavy atom. The number of halogens is 1. The maximum Gasteiger partial charge on any atom is 0.238 e. The van der Waals surface area contributed by atoms with E-state index in [0.29, 0.717) is 29.6 Å². The second-order valence-corrected chi connectivity index (χ2v) is 9.43. The van der Waals surface area contributed by atoms with Crippen molar-refractivity contribution < 1.29 is 13.2 Å². The van der Waals surface area contributed by atoms with Crippen LogP contribution in [0.25, 0.3) is 11.1 Å². The van der Waals surface area contributed by atoms with Gasteiger partial charge in [-0.15, -0.1) is 0 Å². The maximum absolute atomic E-state index is 12.2. The van der Waals surface area contributed by atoms with Gasteiger partial charge in [0.25, 0.3) is 0 Å². The molecule has 1 aliphatic heterocycles. The molecule has 0 amide bonds. The predicted molar refractivity (Wildman–Crippen MR) is 108 cm³/mol. The van der Waals surface area contributed by atoms with E-state index in [0.717, 1.165) is 16.7 Å². The summed E-state index contributed by atoms with van der Waals surface area (Å²) in [5, 5.41) is 5.92. The molecule has 2 N–H and O–H groups in total. The second kappa shape index (κ2) is 6.62. The van der Waals surface area contributed by atoms with Crippen molar-refractivity contribution >= 4 is 21.6 Å². The number of primary sulfonamides is 1. The highest BCUT2D eigenvalue weighted by molar-refractivity contribution is 7.89. The summed E-state index contributed by atoms with van der Waals surface area (Å²) in [7, 11) is -3.88. The van der Waals surface area contributed by atoms with Crippen LogP contribution in [-0.4, -0.2) is 23.6 Å². The number of ether oxygens (including phenoxy) is 1. The molecule has 146 valence electrons. The van der Waals surface area contributed by atoms with Crippen molar-refractivity contribution in [2.45, 2.75) is 37.3 Å². The molecule has 0 bridgehead atoms. The standard InChI is InChI=1S/C20H20ClN3O3S/c1-20(2)11-15-9-18(28(22,25)26)16(10-17(15)27-20)14-5-3-13(4-6-14)12-24-8-7-23-19(24)21/h3-10H,11-12H2,1-2H3,(H2,22,25,26). The van der Waals surface area contributed by atoms with Crippen LogP contribution in [0.15, 0.2) is 53.7 Å². The molecule has 0 atom stereocenters. The minimum absolute atomic E-state index is 0.109. The van der Waals surface area contributed by atoms with Gasteiger partial charge in [0.05, 0.1) is 4.90 Å². The van der Waals surface area contributed by atoms with Crippen molar-refractivity contribution in [3.8, 4) is 16.9 Å². The van der Waals surface area contributed by atoms with Crippen LogP contribution in [-0.2, 0) is 23.0 Å². The molecule has 1 aromatic heterocycles. The average molecular weight is 418 g/mol. The number of sulfonamides is 1. The highest BCUT2D eigenvalue weighted by atomic mass is 35.5. The average Bonchev–Trinajstić information content (AvgIpc) is 3.14. The molecular weight excluding hydrogens is 398 g/mol. The predicted octanol–water partition coefficient (Wildman–Crippen LogP) is 3.61. The molecule has 0 aliphatic carbocycles. The summed E-state index contributed by atoms with van der Waals surface area (Å²) in [5.74, 6) is 0.696. The monoisotopic (exact) mass is 417 g/mol. The van der Waals surface area contributed by atoms with E-state index in [1.54, 1.807) is 24.5 Å². The number of hydrogen-bond donors (Lipinski definition) is 1. The summed E-state index contributed by atoms with van der Waals surface area (Å²) in [4.78, 5) is 4.10. The van der Waals surface area contributed by atoms with Crippen LogP contribution in [0.4, 0.5) is 0 Å². The molecule has 0 spiro atoms. The number of fused-ring (bicyclic) bond motifs is 1. The van der Waals surface area contributed by atoms with E-state index in [9.17, 15) is 8.42 Å². The molecule has 28 heavy (non-hydrogen) atoms. The molecule has 0 radical (unpaired) electrons. The Kier molecular flexibility index (Phi) is 4.49. The van der Waals surface area contributed by atoms with Crippen molar-refractivity contribution in [2.75, 3.05) is 0 Å². The Bertz CT molecular complexity index is 1150. The van der Waals surface area contributed by atoms with Crippen molar-refractivity contribution in [1.82, 2.24) is 9.55 Å². The van der Waals surface area contributed by atoms with Gasteiger partial charge in [0.1, 0.15) is 11.4 Å². The number of rotatable bonds is 4. The number of imidazole rings is 1. The van der Waals surface area contributed by atoms with Gasteiger partial charge in [0.15, 0.2) is 0 Å². The first kappa shape index (κ1) is 19.0. The van der Waals surface area contributed by atoms with E-state index in [2.05, 4.69) is 4.98 Å². The summed E-state index contributed by atoms with van der Waals surface area (Å²) in [6, 6.07) is 11.0. The molecule has 2 aromatic carbocycles. The van der Waals surface area contributed by atoms with E-state index in [1.165, 1.54) is 0 Å². The van der Waals surface area contributed by atoms with Crippen LogP contribution in [0.2, 0.25) is 5.28 Å². The molecule has 0 saturated heterocycles. The summed E-state index contributed by atoms with van der Waals surface area (Å²) in [6.45, 7) is 4.52. The van der Waals surface area contributed by atoms with Crippen LogP contribution in [0, 0.1) is 0 Å². The molecule has 4 rings (SSSR count). The van der Waals surface area contributed by atoms with Crippen LogP contribution in [0.5, 0.6) is 5.75 Å². The highest BCUT2D eigenvalue weighted by Gasteiger charge is 2.32. The fourth-order valence-electron chi connectivity index (χ4n) is 3.50.